The molecule has 0 spiro atoms. The number of carbonyl (C=O) groups is 2. The number of hydrogen-bond donors (Lipinski definition) is 2. The fourth-order valence-corrected chi connectivity index (χ4v) is 3.27. The van der Waals surface area contributed by atoms with Crippen LogP contribution in [-0.2, 0) is 4.74 Å². The molecule has 1 amide bonds. The number of nitrogens with two attached hydrogens (primary N) is 1. The van der Waals surface area contributed by atoms with Crippen LogP contribution in [0.25, 0.3) is 0 Å². The van der Waals surface area contributed by atoms with Gasteiger partial charge < -0.3 is 20.5 Å². The average molecular weight is 399 g/mol. The number of nitrogens with zero attached hydrogens (tertiary/aromatic N) is 3. The quantitative estimate of drug-likeness (QED) is 0.712. The molecule has 1 aromatic carbocycles. The topological polar surface area (TPSA) is 120 Å². The van der Waals surface area contributed by atoms with Gasteiger partial charge in [-0.15, -0.1) is 0 Å². The summed E-state index contributed by atoms with van der Waals surface area (Å²) in [7, 11) is 1.50. The van der Waals surface area contributed by atoms with E-state index < -0.39 is 0 Å². The highest BCUT2D eigenvalue weighted by atomic mass is 16.6. The highest BCUT2D eigenvalue weighted by Gasteiger charge is 2.28. The lowest BCUT2D eigenvalue weighted by Gasteiger charge is -2.35. The molecule has 1 aliphatic heterocycles. The second kappa shape index (κ2) is 9.22. The van der Waals surface area contributed by atoms with E-state index in [9.17, 15) is 9.59 Å². The van der Waals surface area contributed by atoms with Crippen molar-refractivity contribution in [3.05, 3.63) is 41.6 Å². The summed E-state index contributed by atoms with van der Waals surface area (Å²) >= 11 is 0. The molecule has 1 unspecified atom stereocenters. The molecule has 9 nitrogen and oxygen atoms in total. The number of aromatic nitrogens is 2. The molecule has 1 atom stereocenters. The lowest BCUT2D eigenvalue weighted by Crippen LogP contribution is -2.48. The Morgan fingerprint density at radius 1 is 1.28 bits per heavy atom. The first-order chi connectivity index (χ1) is 14.0. The molecule has 2 aromatic rings. The fraction of sp³-hybridized carbons (Fsp3) is 0.400. The monoisotopic (exact) mass is 399 g/mol. The standard InChI is InChI=1S/C20H25N5O4/c1-3-29-20(27)25-11-7-6-10-16(25)23-19-22-12-14(18(21)24-19)17(26)13-8-4-5-9-15(13)28-2/h4-5,8-9,12,16H,3,6-7,10-11H2,1-2H3,(H3,21,22,23,24). The van der Waals surface area contributed by atoms with Crippen LogP contribution in [0.5, 0.6) is 5.75 Å². The predicted molar refractivity (Wildman–Crippen MR) is 108 cm³/mol. The molecule has 0 saturated carbocycles. The summed E-state index contributed by atoms with van der Waals surface area (Å²) < 4.78 is 10.4. The molecule has 9 heteroatoms. The molecule has 29 heavy (non-hydrogen) atoms. The number of carbonyl (C=O) groups excluding carboxylic acids is 2. The van der Waals surface area contributed by atoms with Gasteiger partial charge in [0.05, 0.1) is 24.8 Å². The van der Waals surface area contributed by atoms with E-state index in [0.29, 0.717) is 24.5 Å². The Morgan fingerprint density at radius 2 is 2.07 bits per heavy atom. The SMILES string of the molecule is CCOC(=O)N1CCCCC1Nc1ncc(C(=O)c2ccccc2OC)c(N)n1. The summed E-state index contributed by atoms with van der Waals surface area (Å²) in [6, 6.07) is 6.89. The molecule has 1 aromatic heterocycles. The van der Waals surface area contributed by atoms with E-state index in [2.05, 4.69) is 15.3 Å². The van der Waals surface area contributed by atoms with Gasteiger partial charge in [0.1, 0.15) is 17.7 Å². The third kappa shape index (κ3) is 4.56. The third-order valence-electron chi connectivity index (χ3n) is 4.72. The van der Waals surface area contributed by atoms with Crippen molar-refractivity contribution in [3.63, 3.8) is 0 Å². The Hall–Kier alpha value is -3.36. The maximum absolute atomic E-state index is 12.8. The largest absolute Gasteiger partial charge is 0.496 e. The van der Waals surface area contributed by atoms with Crippen LogP contribution in [0.3, 0.4) is 0 Å². The van der Waals surface area contributed by atoms with Crippen LogP contribution < -0.4 is 15.8 Å². The maximum atomic E-state index is 12.8. The van der Waals surface area contributed by atoms with Crippen LogP contribution in [0.2, 0.25) is 0 Å². The molecular weight excluding hydrogens is 374 g/mol. The first-order valence-corrected chi connectivity index (χ1v) is 9.55. The number of rotatable bonds is 6. The summed E-state index contributed by atoms with van der Waals surface area (Å²) in [6.07, 6.45) is 3.33. The Balaban J connectivity index is 1.78. The zero-order valence-electron chi connectivity index (χ0n) is 16.6. The van der Waals surface area contributed by atoms with E-state index in [1.54, 1.807) is 36.1 Å². The maximum Gasteiger partial charge on any atom is 0.411 e. The van der Waals surface area contributed by atoms with Crippen LogP contribution in [0.15, 0.2) is 30.5 Å². The number of ether oxygens (including phenoxy) is 2. The number of para-hydroxylation sites is 1. The Morgan fingerprint density at radius 3 is 2.79 bits per heavy atom. The summed E-state index contributed by atoms with van der Waals surface area (Å²) in [5.74, 6) is 0.431. The zero-order chi connectivity index (χ0) is 20.8. The number of nitrogen functional groups attached to an aromatic ring is 1. The lowest BCUT2D eigenvalue weighted by molar-refractivity contribution is 0.0829. The predicted octanol–water partition coefficient (Wildman–Crippen LogP) is 2.68. The van der Waals surface area contributed by atoms with E-state index in [-0.39, 0.29) is 35.4 Å². The van der Waals surface area contributed by atoms with Gasteiger partial charge in [-0.05, 0) is 38.3 Å². The van der Waals surface area contributed by atoms with Crippen molar-refractivity contribution in [2.24, 2.45) is 0 Å². The van der Waals surface area contributed by atoms with Crippen molar-refractivity contribution in [2.45, 2.75) is 32.4 Å². The number of ketones is 1. The molecule has 3 N–H and O–H groups in total. The summed E-state index contributed by atoms with van der Waals surface area (Å²) in [4.78, 5) is 35.1. The van der Waals surface area contributed by atoms with Crippen LogP contribution in [0.4, 0.5) is 16.6 Å². The van der Waals surface area contributed by atoms with Gasteiger partial charge in [-0.25, -0.2) is 9.78 Å². The molecule has 1 fully saturated rings. The Labute approximate surface area is 169 Å². The molecule has 0 radical (unpaired) electrons. The van der Waals surface area contributed by atoms with Crippen molar-refractivity contribution < 1.29 is 19.1 Å². The minimum absolute atomic E-state index is 0.0527. The van der Waals surface area contributed by atoms with E-state index in [1.807, 2.05) is 0 Å². The van der Waals surface area contributed by atoms with E-state index in [1.165, 1.54) is 13.3 Å². The number of hydrogen-bond acceptors (Lipinski definition) is 8. The molecular formula is C20H25N5O4. The van der Waals surface area contributed by atoms with Crippen molar-refractivity contribution in [3.8, 4) is 5.75 Å². The van der Waals surface area contributed by atoms with Gasteiger partial charge >= 0.3 is 6.09 Å². The number of amides is 1. The number of methoxy groups -OCH3 is 1. The zero-order valence-corrected chi connectivity index (χ0v) is 16.6. The van der Waals surface area contributed by atoms with Crippen molar-refractivity contribution in [1.29, 1.82) is 0 Å². The Bertz CT molecular complexity index is 889. The van der Waals surface area contributed by atoms with Crippen LogP contribution in [0.1, 0.15) is 42.1 Å². The van der Waals surface area contributed by atoms with E-state index >= 15 is 0 Å². The van der Waals surface area contributed by atoms with Crippen LogP contribution in [-0.4, -0.2) is 53.2 Å². The van der Waals surface area contributed by atoms with Gasteiger partial charge in [-0.2, -0.15) is 4.98 Å². The average Bonchev–Trinajstić information content (AvgIpc) is 2.74. The number of piperidine rings is 1. The van der Waals surface area contributed by atoms with Gasteiger partial charge in [0.15, 0.2) is 0 Å². The van der Waals surface area contributed by atoms with E-state index in [0.717, 1.165) is 19.3 Å². The molecule has 2 heterocycles. The summed E-state index contributed by atoms with van der Waals surface area (Å²) in [5, 5.41) is 3.13. The van der Waals surface area contributed by atoms with Crippen LogP contribution in [0, 0.1) is 0 Å². The highest BCUT2D eigenvalue weighted by molar-refractivity contribution is 6.13. The molecule has 154 valence electrons. The first-order valence-electron chi connectivity index (χ1n) is 9.55. The van der Waals surface area contributed by atoms with Crippen molar-refractivity contribution in [1.82, 2.24) is 14.9 Å². The van der Waals surface area contributed by atoms with Crippen molar-refractivity contribution in [2.75, 3.05) is 31.3 Å². The molecule has 0 aliphatic carbocycles. The normalized spacial score (nSPS) is 16.2. The van der Waals surface area contributed by atoms with Gasteiger partial charge in [-0.1, -0.05) is 12.1 Å². The van der Waals surface area contributed by atoms with Crippen LogP contribution >= 0.6 is 0 Å². The number of nitrogens with one attached hydrogen (secondary N) is 1. The molecule has 0 bridgehead atoms. The van der Waals surface area contributed by atoms with Gasteiger partial charge in [0.2, 0.25) is 11.7 Å². The van der Waals surface area contributed by atoms with Crippen molar-refractivity contribution >= 4 is 23.6 Å². The molecule has 1 saturated heterocycles. The number of benzene rings is 1. The minimum Gasteiger partial charge on any atom is -0.496 e. The van der Waals surface area contributed by atoms with Gasteiger partial charge in [0.25, 0.3) is 0 Å². The summed E-state index contributed by atoms with van der Waals surface area (Å²) in [6.45, 7) is 2.67. The number of anilines is 2. The fourth-order valence-electron chi connectivity index (χ4n) is 3.27. The third-order valence-corrected chi connectivity index (χ3v) is 4.72. The smallest absolute Gasteiger partial charge is 0.411 e. The number of likely N-dealkylation sites (tertiary alicyclic amines) is 1. The molecule has 3 rings (SSSR count). The van der Waals surface area contributed by atoms with E-state index in [4.69, 9.17) is 15.2 Å². The molecule has 1 aliphatic rings. The first kappa shape index (κ1) is 20.4. The second-order valence-electron chi connectivity index (χ2n) is 6.57. The van der Waals surface area contributed by atoms with Gasteiger partial charge in [-0.3, -0.25) is 9.69 Å². The minimum atomic E-state index is -0.374. The Kier molecular flexibility index (Phi) is 6.48. The lowest BCUT2D eigenvalue weighted by atomic mass is 10.0. The summed E-state index contributed by atoms with van der Waals surface area (Å²) in [5.41, 5.74) is 6.61. The highest BCUT2D eigenvalue weighted by Crippen LogP contribution is 2.24. The van der Waals surface area contributed by atoms with Gasteiger partial charge in [0, 0.05) is 12.7 Å². The second-order valence-corrected chi connectivity index (χ2v) is 6.57.